The zero-order valence-corrected chi connectivity index (χ0v) is 12.4. The molecule has 0 fully saturated rings. The van der Waals surface area contributed by atoms with Crippen LogP contribution in [0.1, 0.15) is 30.9 Å². The van der Waals surface area contributed by atoms with E-state index >= 15 is 0 Å². The van der Waals surface area contributed by atoms with E-state index in [0.29, 0.717) is 12.5 Å². The third-order valence-electron chi connectivity index (χ3n) is 3.16. The maximum Gasteiger partial charge on any atom is 0.0154 e. The zero-order chi connectivity index (χ0) is 13.7. The van der Waals surface area contributed by atoms with Gasteiger partial charge in [0.05, 0.1) is 0 Å². The van der Waals surface area contributed by atoms with Crippen LogP contribution in [0.25, 0.3) is 0 Å². The van der Waals surface area contributed by atoms with Gasteiger partial charge in [0.25, 0.3) is 0 Å². The lowest BCUT2D eigenvalue weighted by atomic mass is 10.0. The van der Waals surface area contributed by atoms with E-state index in [2.05, 4.69) is 62.4 Å². The fourth-order valence-corrected chi connectivity index (χ4v) is 2.99. The van der Waals surface area contributed by atoms with Crippen LogP contribution in [0.4, 0.5) is 0 Å². The lowest BCUT2D eigenvalue weighted by molar-refractivity contribution is 0.865. The number of nitrogens with two attached hydrogens (primary N) is 1. The molecule has 0 aliphatic carbocycles. The predicted molar refractivity (Wildman–Crippen MR) is 83.9 cm³/mol. The molecule has 0 saturated carbocycles. The van der Waals surface area contributed by atoms with Gasteiger partial charge in [-0.05, 0) is 48.2 Å². The van der Waals surface area contributed by atoms with Gasteiger partial charge in [0, 0.05) is 9.79 Å². The molecule has 1 nitrogen and oxygen atoms in total. The Kier molecular flexibility index (Phi) is 5.06. The fourth-order valence-electron chi connectivity index (χ4n) is 2.01. The van der Waals surface area contributed by atoms with Crippen LogP contribution >= 0.6 is 11.8 Å². The van der Waals surface area contributed by atoms with Gasteiger partial charge in [-0.15, -0.1) is 0 Å². The summed E-state index contributed by atoms with van der Waals surface area (Å²) in [6.07, 6.45) is 0.938. The van der Waals surface area contributed by atoms with Crippen LogP contribution in [-0.2, 0) is 6.42 Å². The van der Waals surface area contributed by atoms with E-state index in [9.17, 15) is 0 Å². The highest BCUT2D eigenvalue weighted by molar-refractivity contribution is 7.99. The Balaban J connectivity index is 2.16. The first kappa shape index (κ1) is 14.2. The maximum atomic E-state index is 5.67. The molecule has 100 valence electrons. The van der Waals surface area contributed by atoms with Crippen molar-refractivity contribution in [3.05, 3.63) is 59.7 Å². The highest BCUT2D eigenvalue weighted by Gasteiger charge is 2.04. The first-order chi connectivity index (χ1) is 9.20. The molecule has 2 aromatic rings. The van der Waals surface area contributed by atoms with Crippen LogP contribution in [0.15, 0.2) is 58.3 Å². The average molecular weight is 271 g/mol. The molecule has 0 heterocycles. The van der Waals surface area contributed by atoms with Crippen molar-refractivity contribution in [3.63, 3.8) is 0 Å². The molecule has 0 amide bonds. The Bertz CT molecular complexity index is 517. The Labute approximate surface area is 120 Å². The number of benzene rings is 2. The third kappa shape index (κ3) is 3.85. The summed E-state index contributed by atoms with van der Waals surface area (Å²) in [7, 11) is 0. The van der Waals surface area contributed by atoms with E-state index in [1.807, 2.05) is 11.8 Å². The van der Waals surface area contributed by atoms with Crippen molar-refractivity contribution in [2.45, 2.75) is 36.0 Å². The van der Waals surface area contributed by atoms with E-state index in [-0.39, 0.29) is 0 Å². The summed E-state index contributed by atoms with van der Waals surface area (Å²) in [5, 5.41) is 0. The normalized spacial score (nSPS) is 10.9. The number of hydrogen-bond donors (Lipinski definition) is 1. The summed E-state index contributed by atoms with van der Waals surface area (Å²) in [4.78, 5) is 2.60. The van der Waals surface area contributed by atoms with Gasteiger partial charge in [-0.25, -0.2) is 0 Å². The monoisotopic (exact) mass is 271 g/mol. The van der Waals surface area contributed by atoms with Crippen molar-refractivity contribution >= 4 is 11.8 Å². The minimum atomic E-state index is 0.587. The minimum Gasteiger partial charge on any atom is -0.330 e. The number of hydrogen-bond acceptors (Lipinski definition) is 2. The van der Waals surface area contributed by atoms with Gasteiger partial charge in [-0.1, -0.05) is 55.9 Å². The van der Waals surface area contributed by atoms with Gasteiger partial charge < -0.3 is 5.73 Å². The summed E-state index contributed by atoms with van der Waals surface area (Å²) in [5.41, 5.74) is 8.39. The molecule has 2 N–H and O–H groups in total. The van der Waals surface area contributed by atoms with Gasteiger partial charge in [0.2, 0.25) is 0 Å². The van der Waals surface area contributed by atoms with Crippen molar-refractivity contribution in [1.82, 2.24) is 0 Å². The summed E-state index contributed by atoms with van der Waals surface area (Å²) >= 11 is 1.82. The van der Waals surface area contributed by atoms with Crippen molar-refractivity contribution in [1.29, 1.82) is 0 Å². The molecule has 0 radical (unpaired) electrons. The fraction of sp³-hybridized carbons (Fsp3) is 0.294. The van der Waals surface area contributed by atoms with Crippen LogP contribution in [-0.4, -0.2) is 6.54 Å². The van der Waals surface area contributed by atoms with Gasteiger partial charge >= 0.3 is 0 Å². The highest BCUT2D eigenvalue weighted by Crippen LogP contribution is 2.31. The van der Waals surface area contributed by atoms with Crippen LogP contribution in [0.3, 0.4) is 0 Å². The van der Waals surface area contributed by atoms with Crippen LogP contribution < -0.4 is 5.73 Å². The molecular formula is C17H21NS. The van der Waals surface area contributed by atoms with E-state index in [4.69, 9.17) is 5.73 Å². The maximum absolute atomic E-state index is 5.67. The second-order valence-corrected chi connectivity index (χ2v) is 6.09. The Morgan fingerprint density at radius 3 is 2.32 bits per heavy atom. The van der Waals surface area contributed by atoms with Gasteiger partial charge in [0.15, 0.2) is 0 Å². The molecule has 0 aliphatic rings. The lowest BCUT2D eigenvalue weighted by Gasteiger charge is -2.09. The summed E-state index contributed by atoms with van der Waals surface area (Å²) < 4.78 is 0. The standard InChI is InChI=1S/C17H21NS/c1-13(2)14-7-9-16(10-8-14)19-17-6-4-3-5-15(17)11-12-18/h3-10,13H,11-12,18H2,1-2H3. The van der Waals surface area contributed by atoms with Crippen LogP contribution in [0.5, 0.6) is 0 Å². The lowest BCUT2D eigenvalue weighted by Crippen LogP contribution is -2.03. The second-order valence-electron chi connectivity index (χ2n) is 4.97. The molecule has 0 spiro atoms. The molecule has 0 aliphatic heterocycles. The molecule has 2 aromatic carbocycles. The van der Waals surface area contributed by atoms with Crippen molar-refractivity contribution < 1.29 is 0 Å². The summed E-state index contributed by atoms with van der Waals surface area (Å²) in [6.45, 7) is 5.14. The summed E-state index contributed by atoms with van der Waals surface area (Å²) in [6, 6.07) is 17.4. The van der Waals surface area contributed by atoms with Crippen LogP contribution in [0, 0.1) is 0 Å². The largest absolute Gasteiger partial charge is 0.330 e. The van der Waals surface area contributed by atoms with Crippen molar-refractivity contribution in [2.75, 3.05) is 6.54 Å². The molecule has 2 heteroatoms. The highest BCUT2D eigenvalue weighted by atomic mass is 32.2. The topological polar surface area (TPSA) is 26.0 Å². The number of rotatable bonds is 5. The first-order valence-corrected chi connectivity index (χ1v) is 7.58. The average Bonchev–Trinajstić information content (AvgIpc) is 2.42. The van der Waals surface area contributed by atoms with E-state index < -0.39 is 0 Å². The van der Waals surface area contributed by atoms with Crippen molar-refractivity contribution in [2.24, 2.45) is 5.73 Å². The Hall–Kier alpha value is -1.25. The molecule has 0 aromatic heterocycles. The SMILES string of the molecule is CC(C)c1ccc(Sc2ccccc2CCN)cc1. The van der Waals surface area contributed by atoms with E-state index in [1.54, 1.807) is 0 Å². The molecular weight excluding hydrogens is 250 g/mol. The molecule has 2 rings (SSSR count). The molecule has 0 bridgehead atoms. The second kappa shape index (κ2) is 6.78. The molecule has 19 heavy (non-hydrogen) atoms. The predicted octanol–water partition coefficient (Wildman–Crippen LogP) is 4.46. The smallest absolute Gasteiger partial charge is 0.0154 e. The zero-order valence-electron chi connectivity index (χ0n) is 11.6. The Morgan fingerprint density at radius 1 is 1.00 bits per heavy atom. The molecule has 0 unspecified atom stereocenters. The van der Waals surface area contributed by atoms with Crippen LogP contribution in [0.2, 0.25) is 0 Å². The Morgan fingerprint density at radius 2 is 1.68 bits per heavy atom. The van der Waals surface area contributed by atoms with Gasteiger partial charge in [-0.2, -0.15) is 0 Å². The summed E-state index contributed by atoms with van der Waals surface area (Å²) in [5.74, 6) is 0.587. The van der Waals surface area contributed by atoms with Gasteiger partial charge in [0.1, 0.15) is 0 Å². The van der Waals surface area contributed by atoms with E-state index in [0.717, 1.165) is 6.42 Å². The third-order valence-corrected chi connectivity index (χ3v) is 4.29. The van der Waals surface area contributed by atoms with Gasteiger partial charge in [-0.3, -0.25) is 0 Å². The molecule has 0 saturated heterocycles. The quantitative estimate of drug-likeness (QED) is 0.868. The first-order valence-electron chi connectivity index (χ1n) is 6.76. The van der Waals surface area contributed by atoms with Crippen molar-refractivity contribution in [3.8, 4) is 0 Å². The minimum absolute atomic E-state index is 0.587. The van der Waals surface area contributed by atoms with E-state index in [1.165, 1.54) is 20.9 Å². The molecule has 0 atom stereocenters.